The van der Waals surface area contributed by atoms with Crippen LogP contribution in [0, 0.1) is 5.92 Å². The van der Waals surface area contributed by atoms with Crippen LogP contribution in [-0.2, 0) is 6.42 Å². The Hall–Kier alpha value is -3.21. The van der Waals surface area contributed by atoms with E-state index in [9.17, 15) is 9.59 Å². The first-order chi connectivity index (χ1) is 14.5. The normalized spacial score (nSPS) is 14.7. The van der Waals surface area contributed by atoms with Crippen LogP contribution >= 0.6 is 0 Å². The van der Waals surface area contributed by atoms with Crippen molar-refractivity contribution in [3.05, 3.63) is 77.5 Å². The van der Waals surface area contributed by atoms with Crippen LogP contribution in [0.5, 0.6) is 0 Å². The second kappa shape index (κ2) is 8.66. The fourth-order valence-corrected chi connectivity index (χ4v) is 4.06. The summed E-state index contributed by atoms with van der Waals surface area (Å²) in [7, 11) is 3.53. The zero-order valence-corrected chi connectivity index (χ0v) is 17.5. The first kappa shape index (κ1) is 20.1. The average Bonchev–Trinajstić information content (AvgIpc) is 2.79. The molecule has 2 amide bonds. The van der Waals surface area contributed by atoms with E-state index < -0.39 is 0 Å². The van der Waals surface area contributed by atoms with E-state index in [0.717, 1.165) is 43.3 Å². The third kappa shape index (κ3) is 4.35. The Morgan fingerprint density at radius 3 is 2.37 bits per heavy atom. The number of likely N-dealkylation sites (tertiary alicyclic amines) is 1. The zero-order valence-electron chi connectivity index (χ0n) is 17.5. The predicted molar refractivity (Wildman–Crippen MR) is 119 cm³/mol. The molecule has 0 radical (unpaired) electrons. The number of benzene rings is 2. The van der Waals surface area contributed by atoms with Crippen molar-refractivity contribution in [2.45, 2.75) is 19.3 Å². The molecule has 5 nitrogen and oxygen atoms in total. The number of amides is 2. The van der Waals surface area contributed by atoms with Crippen LogP contribution in [0.2, 0.25) is 0 Å². The minimum Gasteiger partial charge on any atom is -0.345 e. The zero-order chi connectivity index (χ0) is 21.1. The predicted octanol–water partition coefficient (Wildman–Crippen LogP) is 4.03. The van der Waals surface area contributed by atoms with E-state index in [4.69, 9.17) is 0 Å². The second-order valence-corrected chi connectivity index (χ2v) is 8.23. The number of hydrogen-bond donors (Lipinski definition) is 0. The quantitative estimate of drug-likeness (QED) is 0.663. The minimum absolute atomic E-state index is 0.0192. The maximum atomic E-state index is 12.9. The first-order valence-electron chi connectivity index (χ1n) is 10.5. The van der Waals surface area contributed by atoms with Gasteiger partial charge < -0.3 is 9.80 Å². The van der Waals surface area contributed by atoms with E-state index in [2.05, 4.69) is 4.98 Å². The third-order valence-electron chi connectivity index (χ3n) is 5.85. The molecule has 4 rings (SSSR count). The van der Waals surface area contributed by atoms with Crippen molar-refractivity contribution in [1.29, 1.82) is 0 Å². The molecular weight excluding hydrogens is 374 g/mol. The van der Waals surface area contributed by atoms with Gasteiger partial charge in [-0.25, -0.2) is 4.98 Å². The summed E-state index contributed by atoms with van der Waals surface area (Å²) >= 11 is 0. The van der Waals surface area contributed by atoms with Crippen molar-refractivity contribution < 1.29 is 9.59 Å². The number of para-hydroxylation sites is 1. The summed E-state index contributed by atoms with van der Waals surface area (Å²) in [6.45, 7) is 1.52. The van der Waals surface area contributed by atoms with Crippen molar-refractivity contribution in [3.63, 3.8) is 0 Å². The van der Waals surface area contributed by atoms with E-state index in [1.807, 2.05) is 65.6 Å². The van der Waals surface area contributed by atoms with Crippen molar-refractivity contribution in [2.75, 3.05) is 27.2 Å². The Morgan fingerprint density at radius 1 is 0.967 bits per heavy atom. The van der Waals surface area contributed by atoms with Crippen molar-refractivity contribution in [2.24, 2.45) is 5.92 Å². The van der Waals surface area contributed by atoms with E-state index in [1.165, 1.54) is 5.56 Å². The molecule has 1 fully saturated rings. The summed E-state index contributed by atoms with van der Waals surface area (Å²) in [6.07, 6.45) is 2.95. The van der Waals surface area contributed by atoms with E-state index in [-0.39, 0.29) is 11.8 Å². The second-order valence-electron chi connectivity index (χ2n) is 8.23. The molecule has 0 atom stereocenters. The molecule has 1 aromatic heterocycles. The number of fused-ring (bicyclic) bond motifs is 1. The number of rotatable bonds is 4. The lowest BCUT2D eigenvalue weighted by Gasteiger charge is -2.32. The van der Waals surface area contributed by atoms with Gasteiger partial charge in [0.05, 0.1) is 5.52 Å². The fraction of sp³-hybridized carbons (Fsp3) is 0.320. The number of aromatic nitrogens is 1. The van der Waals surface area contributed by atoms with Crippen LogP contribution in [0.3, 0.4) is 0 Å². The van der Waals surface area contributed by atoms with Gasteiger partial charge >= 0.3 is 0 Å². The first-order valence-corrected chi connectivity index (χ1v) is 10.5. The Morgan fingerprint density at radius 2 is 1.67 bits per heavy atom. The lowest BCUT2D eigenvalue weighted by Crippen LogP contribution is -2.39. The van der Waals surface area contributed by atoms with Crippen LogP contribution in [-0.4, -0.2) is 53.8 Å². The molecule has 2 heterocycles. The molecular formula is C25H27N3O2. The smallest absolute Gasteiger partial charge is 0.272 e. The number of nitrogens with zero attached hydrogens (tertiary/aromatic N) is 3. The Kier molecular flexibility index (Phi) is 5.79. The molecule has 5 heteroatoms. The molecule has 3 aromatic rings. The molecule has 0 N–H and O–H groups in total. The molecule has 0 aliphatic carbocycles. The SMILES string of the molecule is CN(C)C(=O)c1ccc(CC2CCN(C(=O)c3ccc4ccccc4n3)CC2)cc1. The number of pyridine rings is 1. The lowest BCUT2D eigenvalue weighted by molar-refractivity contribution is 0.0685. The fourth-order valence-electron chi connectivity index (χ4n) is 4.06. The lowest BCUT2D eigenvalue weighted by atomic mass is 9.89. The molecule has 1 saturated heterocycles. The van der Waals surface area contributed by atoms with Gasteiger partial charge in [0.25, 0.3) is 11.8 Å². The van der Waals surface area contributed by atoms with Gasteiger partial charge in [0.2, 0.25) is 0 Å². The highest BCUT2D eigenvalue weighted by molar-refractivity contribution is 5.95. The molecule has 1 aliphatic heterocycles. The van der Waals surface area contributed by atoms with Gasteiger partial charge in [-0.1, -0.05) is 36.4 Å². The monoisotopic (exact) mass is 401 g/mol. The highest BCUT2D eigenvalue weighted by atomic mass is 16.2. The topological polar surface area (TPSA) is 53.5 Å². The molecule has 0 unspecified atom stereocenters. The molecule has 1 aliphatic rings. The van der Waals surface area contributed by atoms with Crippen molar-refractivity contribution in [1.82, 2.24) is 14.8 Å². The molecule has 0 saturated carbocycles. The van der Waals surface area contributed by atoms with Crippen LogP contribution in [0.25, 0.3) is 10.9 Å². The van der Waals surface area contributed by atoms with Crippen molar-refractivity contribution >= 4 is 22.7 Å². The Labute approximate surface area is 177 Å². The highest BCUT2D eigenvalue weighted by Gasteiger charge is 2.24. The summed E-state index contributed by atoms with van der Waals surface area (Å²) in [5.41, 5.74) is 3.33. The molecule has 0 spiro atoms. The van der Waals surface area contributed by atoms with Gasteiger partial charge in [0.1, 0.15) is 5.69 Å². The van der Waals surface area contributed by atoms with E-state index in [0.29, 0.717) is 17.2 Å². The Balaban J connectivity index is 1.34. The maximum Gasteiger partial charge on any atom is 0.272 e. The largest absolute Gasteiger partial charge is 0.345 e. The molecule has 154 valence electrons. The number of piperidine rings is 1. The summed E-state index contributed by atoms with van der Waals surface area (Å²) in [5, 5.41) is 1.05. The van der Waals surface area contributed by atoms with E-state index >= 15 is 0 Å². The summed E-state index contributed by atoms with van der Waals surface area (Å²) < 4.78 is 0. The van der Waals surface area contributed by atoms with Gasteiger partial charge in [0.15, 0.2) is 0 Å². The van der Waals surface area contributed by atoms with E-state index in [1.54, 1.807) is 19.0 Å². The summed E-state index contributed by atoms with van der Waals surface area (Å²) in [4.78, 5) is 33.0. The van der Waals surface area contributed by atoms with Crippen molar-refractivity contribution in [3.8, 4) is 0 Å². The Bertz CT molecular complexity index is 1050. The van der Waals surface area contributed by atoms with Crippen LogP contribution in [0.1, 0.15) is 39.3 Å². The summed E-state index contributed by atoms with van der Waals surface area (Å²) in [6, 6.07) is 19.6. The van der Waals surface area contributed by atoms with Gasteiger partial charge in [-0.05, 0) is 55.0 Å². The standard InChI is InChI=1S/C25H27N3O2/c1-27(2)24(29)21-9-7-18(8-10-21)17-19-13-15-28(16-14-19)25(30)23-12-11-20-5-3-4-6-22(20)26-23/h3-12,19H,13-17H2,1-2H3. The average molecular weight is 402 g/mol. The van der Waals surface area contributed by atoms with Crippen LogP contribution in [0.4, 0.5) is 0 Å². The van der Waals surface area contributed by atoms with Gasteiger partial charge in [0, 0.05) is 38.1 Å². The highest BCUT2D eigenvalue weighted by Crippen LogP contribution is 2.23. The maximum absolute atomic E-state index is 12.9. The molecule has 2 aromatic carbocycles. The number of hydrogen-bond acceptors (Lipinski definition) is 3. The third-order valence-corrected chi connectivity index (χ3v) is 5.85. The number of carbonyl (C=O) groups is 2. The van der Waals surface area contributed by atoms with Gasteiger partial charge in [-0.3, -0.25) is 9.59 Å². The number of carbonyl (C=O) groups excluding carboxylic acids is 2. The van der Waals surface area contributed by atoms with Crippen LogP contribution < -0.4 is 0 Å². The summed E-state index contributed by atoms with van der Waals surface area (Å²) in [5.74, 6) is 0.593. The van der Waals surface area contributed by atoms with Crippen LogP contribution in [0.15, 0.2) is 60.7 Å². The molecule has 30 heavy (non-hydrogen) atoms. The molecule has 0 bridgehead atoms. The van der Waals surface area contributed by atoms with Gasteiger partial charge in [-0.2, -0.15) is 0 Å². The minimum atomic E-state index is 0.0192. The van der Waals surface area contributed by atoms with Gasteiger partial charge in [-0.15, -0.1) is 0 Å².